The number of carbonyl (C=O) groups is 1. The lowest BCUT2D eigenvalue weighted by Gasteiger charge is -2.23. The topological polar surface area (TPSA) is 53.6 Å². The maximum atomic E-state index is 12.0. The molecule has 138 valence electrons. The first kappa shape index (κ1) is 23.1. The smallest absolute Gasteiger partial charge is 0.250 e. The van der Waals surface area contributed by atoms with E-state index in [1.165, 1.54) is 5.56 Å². The first-order valence-electron chi connectivity index (χ1n) is 7.94. The van der Waals surface area contributed by atoms with Gasteiger partial charge in [0.25, 0.3) is 5.91 Å². The van der Waals surface area contributed by atoms with Crippen LogP contribution >= 0.6 is 24.8 Å². The molecule has 1 saturated heterocycles. The van der Waals surface area contributed by atoms with Crippen LogP contribution in [0.15, 0.2) is 24.3 Å². The van der Waals surface area contributed by atoms with Crippen LogP contribution in [0.5, 0.6) is 0 Å². The van der Waals surface area contributed by atoms with Crippen LogP contribution in [0.1, 0.15) is 25.0 Å². The monoisotopic (exact) mass is 377 g/mol. The Morgan fingerprint density at radius 3 is 2.71 bits per heavy atom. The summed E-state index contributed by atoms with van der Waals surface area (Å²) < 4.78 is 5.45. The molecule has 1 aromatic carbocycles. The average Bonchev–Trinajstić information content (AvgIpc) is 2.53. The fourth-order valence-electron chi connectivity index (χ4n) is 2.35. The number of nitrogens with one attached hydrogen (secondary N) is 2. The van der Waals surface area contributed by atoms with Gasteiger partial charge in [0.05, 0.1) is 6.61 Å². The Bertz CT molecular complexity index is 494. The lowest BCUT2D eigenvalue weighted by molar-refractivity contribution is -0.134. The zero-order valence-corrected chi connectivity index (χ0v) is 16.2. The molecule has 0 aliphatic carbocycles. The van der Waals surface area contributed by atoms with Crippen molar-refractivity contribution in [3.63, 3.8) is 0 Å². The lowest BCUT2D eigenvalue weighted by Crippen LogP contribution is -2.47. The number of ether oxygens (including phenoxy) is 1. The third-order valence-corrected chi connectivity index (χ3v) is 3.99. The fourth-order valence-corrected chi connectivity index (χ4v) is 2.35. The van der Waals surface area contributed by atoms with E-state index in [9.17, 15) is 4.79 Å². The molecule has 1 unspecified atom stereocenters. The third-order valence-electron chi connectivity index (χ3n) is 3.99. The molecule has 0 spiro atoms. The summed E-state index contributed by atoms with van der Waals surface area (Å²) in [4.78, 5) is 14.3. The molecule has 7 heteroatoms. The molecular weight excluding hydrogens is 349 g/mol. The molecular formula is C17H29Cl2N3O2. The van der Waals surface area contributed by atoms with Gasteiger partial charge in [-0.2, -0.15) is 0 Å². The molecule has 0 bridgehead atoms. The fraction of sp³-hybridized carbons (Fsp3) is 0.588. The van der Waals surface area contributed by atoms with Crippen molar-refractivity contribution in [2.75, 3.05) is 26.7 Å². The van der Waals surface area contributed by atoms with Crippen LogP contribution in [0, 0.1) is 0 Å². The number of hydrogen-bond acceptors (Lipinski definition) is 4. The highest BCUT2D eigenvalue weighted by molar-refractivity contribution is 5.85. The predicted molar refractivity (Wildman–Crippen MR) is 102 cm³/mol. The van der Waals surface area contributed by atoms with Gasteiger partial charge in [0, 0.05) is 32.2 Å². The van der Waals surface area contributed by atoms with Gasteiger partial charge in [0.1, 0.15) is 6.10 Å². The number of amides is 1. The van der Waals surface area contributed by atoms with E-state index in [-0.39, 0.29) is 36.8 Å². The van der Waals surface area contributed by atoms with Crippen molar-refractivity contribution in [3.05, 3.63) is 35.4 Å². The summed E-state index contributed by atoms with van der Waals surface area (Å²) in [5.41, 5.74) is 2.38. The number of carbonyl (C=O) groups excluding carboxylic acids is 1. The van der Waals surface area contributed by atoms with Gasteiger partial charge < -0.3 is 15.4 Å². The van der Waals surface area contributed by atoms with Crippen molar-refractivity contribution in [1.82, 2.24) is 15.5 Å². The Labute approximate surface area is 157 Å². The minimum absolute atomic E-state index is 0. The summed E-state index contributed by atoms with van der Waals surface area (Å²) in [6, 6.07) is 8.87. The highest BCUT2D eigenvalue weighted by atomic mass is 35.5. The molecule has 24 heavy (non-hydrogen) atoms. The van der Waals surface area contributed by atoms with Crippen molar-refractivity contribution >= 4 is 30.7 Å². The van der Waals surface area contributed by atoms with E-state index in [4.69, 9.17) is 4.74 Å². The van der Waals surface area contributed by atoms with Crippen LogP contribution in [0.4, 0.5) is 0 Å². The van der Waals surface area contributed by atoms with Crippen molar-refractivity contribution in [2.24, 2.45) is 0 Å². The summed E-state index contributed by atoms with van der Waals surface area (Å²) in [6.07, 6.45) is -0.371. The highest BCUT2D eigenvalue weighted by Gasteiger charge is 2.21. The highest BCUT2D eigenvalue weighted by Crippen LogP contribution is 2.09. The van der Waals surface area contributed by atoms with Gasteiger partial charge in [-0.3, -0.25) is 9.69 Å². The lowest BCUT2D eigenvalue weighted by atomic mass is 10.1. The van der Waals surface area contributed by atoms with E-state index in [0.717, 1.165) is 18.7 Å². The van der Waals surface area contributed by atoms with Gasteiger partial charge in [0.2, 0.25) is 0 Å². The molecule has 1 aromatic rings. The normalized spacial score (nSPS) is 17.1. The molecule has 1 aliphatic rings. The van der Waals surface area contributed by atoms with Gasteiger partial charge in [-0.05, 0) is 32.0 Å². The Kier molecular flexibility index (Phi) is 11.2. The van der Waals surface area contributed by atoms with Crippen LogP contribution < -0.4 is 10.6 Å². The second-order valence-corrected chi connectivity index (χ2v) is 6.11. The van der Waals surface area contributed by atoms with Crippen LogP contribution in [-0.2, 0) is 22.6 Å². The average molecular weight is 378 g/mol. The SMILES string of the molecule is CC(C)N(C)Cc1cccc(CNC(=O)C2CNCCO2)c1.Cl.Cl. The summed E-state index contributed by atoms with van der Waals surface area (Å²) in [5.74, 6) is -0.0445. The zero-order chi connectivity index (χ0) is 15.9. The number of benzene rings is 1. The number of rotatable bonds is 6. The molecule has 0 radical (unpaired) electrons. The van der Waals surface area contributed by atoms with Crippen LogP contribution in [0.3, 0.4) is 0 Å². The van der Waals surface area contributed by atoms with Crippen LogP contribution in [-0.4, -0.2) is 49.7 Å². The third kappa shape index (κ3) is 7.36. The van der Waals surface area contributed by atoms with E-state index in [1.54, 1.807) is 0 Å². The van der Waals surface area contributed by atoms with Crippen molar-refractivity contribution < 1.29 is 9.53 Å². The molecule has 0 aromatic heterocycles. The molecule has 2 N–H and O–H groups in total. The molecule has 5 nitrogen and oxygen atoms in total. The second-order valence-electron chi connectivity index (χ2n) is 6.11. The largest absolute Gasteiger partial charge is 0.366 e. The predicted octanol–water partition coefficient (Wildman–Crippen LogP) is 1.98. The molecule has 0 saturated carbocycles. The number of morpholine rings is 1. The molecule has 1 aliphatic heterocycles. The zero-order valence-electron chi connectivity index (χ0n) is 14.6. The van der Waals surface area contributed by atoms with Crippen molar-refractivity contribution in [1.29, 1.82) is 0 Å². The van der Waals surface area contributed by atoms with Gasteiger partial charge in [0.15, 0.2) is 0 Å². The summed E-state index contributed by atoms with van der Waals surface area (Å²) in [7, 11) is 2.12. The summed E-state index contributed by atoms with van der Waals surface area (Å²) >= 11 is 0. The molecule has 2 rings (SSSR count). The summed E-state index contributed by atoms with van der Waals surface area (Å²) in [5, 5.41) is 6.12. The first-order valence-corrected chi connectivity index (χ1v) is 7.94. The maximum absolute atomic E-state index is 12.0. The Morgan fingerprint density at radius 1 is 1.38 bits per heavy atom. The van der Waals surface area contributed by atoms with E-state index in [1.807, 2.05) is 12.1 Å². The maximum Gasteiger partial charge on any atom is 0.250 e. The second kappa shape index (κ2) is 11.7. The molecule has 1 fully saturated rings. The first-order chi connectivity index (χ1) is 10.6. The van der Waals surface area contributed by atoms with Gasteiger partial charge in [-0.15, -0.1) is 24.8 Å². The van der Waals surface area contributed by atoms with Gasteiger partial charge in [-0.25, -0.2) is 0 Å². The minimum Gasteiger partial charge on any atom is -0.366 e. The van der Waals surface area contributed by atoms with E-state index >= 15 is 0 Å². The number of hydrogen-bond donors (Lipinski definition) is 2. The Balaban J connectivity index is 0.00000264. The van der Waals surface area contributed by atoms with Gasteiger partial charge >= 0.3 is 0 Å². The standard InChI is InChI=1S/C17H27N3O2.2ClH/c1-13(2)20(3)12-15-6-4-5-14(9-15)10-19-17(21)16-11-18-7-8-22-16;;/h4-6,9,13,16,18H,7-8,10-12H2,1-3H3,(H,19,21);2*1H. The van der Waals surface area contributed by atoms with Crippen LogP contribution in [0.2, 0.25) is 0 Å². The van der Waals surface area contributed by atoms with E-state index in [2.05, 4.69) is 48.6 Å². The van der Waals surface area contributed by atoms with Crippen LogP contribution in [0.25, 0.3) is 0 Å². The van der Waals surface area contributed by atoms with E-state index in [0.29, 0.717) is 25.7 Å². The van der Waals surface area contributed by atoms with Gasteiger partial charge in [-0.1, -0.05) is 24.3 Å². The summed E-state index contributed by atoms with van der Waals surface area (Å²) in [6.45, 7) is 7.81. The Morgan fingerprint density at radius 2 is 2.08 bits per heavy atom. The minimum atomic E-state index is -0.371. The van der Waals surface area contributed by atoms with Crippen molar-refractivity contribution in [2.45, 2.75) is 39.1 Å². The quantitative estimate of drug-likeness (QED) is 0.795. The number of nitrogens with zero attached hydrogens (tertiary/aromatic N) is 1. The van der Waals surface area contributed by atoms with E-state index < -0.39 is 0 Å². The Hall–Kier alpha value is -0.850. The number of halogens is 2. The van der Waals surface area contributed by atoms with Crippen molar-refractivity contribution in [3.8, 4) is 0 Å². The molecule has 1 atom stereocenters. The molecule has 1 heterocycles. The molecule has 1 amide bonds.